The molecule has 1 heterocycles. The first kappa shape index (κ1) is 6.53. The maximum atomic E-state index is 10.6. The van der Waals surface area contributed by atoms with Gasteiger partial charge in [-0.1, -0.05) is 0 Å². The maximum absolute atomic E-state index is 10.6. The second kappa shape index (κ2) is 1.98. The fraction of sp³-hybridized carbons (Fsp3) is 0.250. The zero-order valence-corrected chi connectivity index (χ0v) is 4.96. The summed E-state index contributed by atoms with van der Waals surface area (Å²) in [4.78, 5) is 31.7. The van der Waals surface area contributed by atoms with Gasteiger partial charge in [-0.2, -0.15) is 4.90 Å². The summed E-state index contributed by atoms with van der Waals surface area (Å²) in [6.45, 7) is -0.151. The first-order valence-corrected chi connectivity index (χ1v) is 2.53. The second-order valence-corrected chi connectivity index (χ2v) is 1.73. The average Bonchev–Trinajstić information content (AvgIpc) is 2.11. The van der Waals surface area contributed by atoms with Crippen LogP contribution in [0.5, 0.6) is 0 Å². The number of nitrogens with zero attached hydrogens (tertiary/aromatic N) is 1. The molecule has 0 aromatic rings. The van der Waals surface area contributed by atoms with Crippen molar-refractivity contribution in [2.45, 2.75) is 0 Å². The standard InChI is InChI=1S/C4H5N3O3/c5-3(9)7-2(8)1-6-4(7)10/h1H2,(H2,5,9)(H,6,10). The van der Waals surface area contributed by atoms with Gasteiger partial charge in [-0.05, 0) is 0 Å². The Hall–Kier alpha value is -1.59. The average molecular weight is 143 g/mol. The van der Waals surface area contributed by atoms with Crippen molar-refractivity contribution in [3.05, 3.63) is 0 Å². The molecule has 54 valence electrons. The predicted molar refractivity (Wildman–Crippen MR) is 29.8 cm³/mol. The van der Waals surface area contributed by atoms with Gasteiger partial charge in [0.25, 0.3) is 5.91 Å². The van der Waals surface area contributed by atoms with Gasteiger partial charge in [-0.3, -0.25) is 4.79 Å². The molecule has 1 aliphatic heterocycles. The van der Waals surface area contributed by atoms with Gasteiger partial charge in [0.05, 0.1) is 6.54 Å². The molecular formula is C4H5N3O3. The number of hydrogen-bond acceptors (Lipinski definition) is 3. The smallest absolute Gasteiger partial charge is 0.333 e. The van der Waals surface area contributed by atoms with Crippen LogP contribution in [0.15, 0.2) is 0 Å². The van der Waals surface area contributed by atoms with Gasteiger partial charge in [0, 0.05) is 0 Å². The molecule has 1 fully saturated rings. The largest absolute Gasteiger partial charge is 0.351 e. The molecule has 1 saturated heterocycles. The summed E-state index contributed by atoms with van der Waals surface area (Å²) in [5.74, 6) is -0.613. The fourth-order valence-electron chi connectivity index (χ4n) is 0.646. The molecule has 10 heavy (non-hydrogen) atoms. The van der Waals surface area contributed by atoms with Crippen molar-refractivity contribution < 1.29 is 14.4 Å². The number of hydrogen-bond donors (Lipinski definition) is 2. The van der Waals surface area contributed by atoms with Crippen LogP contribution in [-0.4, -0.2) is 29.4 Å². The lowest BCUT2D eigenvalue weighted by Gasteiger charge is -2.03. The SMILES string of the molecule is NC(=O)N1C(=O)CNC1=O. The minimum Gasteiger partial charge on any atom is -0.351 e. The van der Waals surface area contributed by atoms with Crippen LogP contribution in [0.3, 0.4) is 0 Å². The number of rotatable bonds is 0. The van der Waals surface area contributed by atoms with Crippen LogP contribution in [0.1, 0.15) is 0 Å². The lowest BCUT2D eigenvalue weighted by Crippen LogP contribution is -2.40. The lowest BCUT2D eigenvalue weighted by molar-refractivity contribution is -0.122. The Morgan fingerprint density at radius 2 is 2.20 bits per heavy atom. The van der Waals surface area contributed by atoms with Crippen molar-refractivity contribution in [1.29, 1.82) is 0 Å². The molecule has 0 aliphatic carbocycles. The van der Waals surface area contributed by atoms with E-state index in [2.05, 4.69) is 11.1 Å². The summed E-state index contributed by atoms with van der Waals surface area (Å²) >= 11 is 0. The van der Waals surface area contributed by atoms with E-state index in [9.17, 15) is 14.4 Å². The van der Waals surface area contributed by atoms with E-state index >= 15 is 0 Å². The van der Waals surface area contributed by atoms with Crippen molar-refractivity contribution in [2.75, 3.05) is 6.54 Å². The Morgan fingerprint density at radius 3 is 2.40 bits per heavy atom. The molecule has 6 nitrogen and oxygen atoms in total. The number of nitrogens with two attached hydrogens (primary N) is 1. The van der Waals surface area contributed by atoms with Crippen LogP contribution >= 0.6 is 0 Å². The van der Waals surface area contributed by atoms with E-state index in [4.69, 9.17) is 0 Å². The molecule has 3 N–H and O–H groups in total. The van der Waals surface area contributed by atoms with E-state index in [0.29, 0.717) is 4.90 Å². The molecule has 0 bridgehead atoms. The molecule has 0 aromatic heterocycles. The molecule has 0 atom stereocenters. The molecular weight excluding hydrogens is 138 g/mol. The van der Waals surface area contributed by atoms with Gasteiger partial charge in [-0.15, -0.1) is 0 Å². The minimum atomic E-state index is -1.04. The number of amides is 5. The number of carbonyl (C=O) groups excluding carboxylic acids is 3. The monoisotopic (exact) mass is 143 g/mol. The number of imide groups is 3. The molecule has 5 amide bonds. The topological polar surface area (TPSA) is 92.5 Å². The van der Waals surface area contributed by atoms with Crippen LogP contribution in [0.25, 0.3) is 0 Å². The third-order valence-electron chi connectivity index (χ3n) is 1.06. The lowest BCUT2D eigenvalue weighted by atomic mass is 10.6. The second-order valence-electron chi connectivity index (χ2n) is 1.73. The van der Waals surface area contributed by atoms with Crippen LogP contribution in [0.4, 0.5) is 9.59 Å². The molecule has 6 heteroatoms. The zero-order valence-electron chi connectivity index (χ0n) is 4.96. The molecule has 0 spiro atoms. The number of primary amides is 1. The third-order valence-corrected chi connectivity index (χ3v) is 1.06. The molecule has 0 saturated carbocycles. The Balaban J connectivity index is 2.82. The molecule has 1 rings (SSSR count). The van der Waals surface area contributed by atoms with Crippen LogP contribution in [-0.2, 0) is 4.79 Å². The van der Waals surface area contributed by atoms with E-state index in [1.807, 2.05) is 0 Å². The van der Waals surface area contributed by atoms with Crippen molar-refractivity contribution in [3.8, 4) is 0 Å². The Morgan fingerprint density at radius 1 is 1.60 bits per heavy atom. The third kappa shape index (κ3) is 0.790. The Bertz CT molecular complexity index is 196. The predicted octanol–water partition coefficient (Wildman–Crippen LogP) is -1.38. The van der Waals surface area contributed by atoms with E-state index in [1.54, 1.807) is 0 Å². The minimum absolute atomic E-state index is 0.151. The number of carbonyl (C=O) groups is 3. The van der Waals surface area contributed by atoms with E-state index in [0.717, 1.165) is 0 Å². The summed E-state index contributed by atoms with van der Waals surface area (Å²) in [5, 5.41) is 2.14. The molecule has 0 radical (unpaired) electrons. The quantitative estimate of drug-likeness (QED) is 0.409. The highest BCUT2D eigenvalue weighted by atomic mass is 16.2. The summed E-state index contributed by atoms with van der Waals surface area (Å²) in [7, 11) is 0. The van der Waals surface area contributed by atoms with Gasteiger partial charge in [0.15, 0.2) is 0 Å². The summed E-state index contributed by atoms with van der Waals surface area (Å²) in [5.41, 5.74) is 4.68. The first-order valence-electron chi connectivity index (χ1n) is 2.53. The molecule has 0 unspecified atom stereocenters. The summed E-state index contributed by atoms with van der Waals surface area (Å²) in [6, 6.07) is -1.79. The molecule has 0 aromatic carbocycles. The van der Waals surface area contributed by atoms with Crippen molar-refractivity contribution in [3.63, 3.8) is 0 Å². The normalized spacial score (nSPS) is 17.4. The van der Waals surface area contributed by atoms with Gasteiger partial charge >= 0.3 is 12.1 Å². The number of urea groups is 2. The molecule has 1 aliphatic rings. The highest BCUT2D eigenvalue weighted by Crippen LogP contribution is 1.96. The van der Waals surface area contributed by atoms with E-state index in [-0.39, 0.29) is 6.54 Å². The summed E-state index contributed by atoms with van der Waals surface area (Å²) in [6.07, 6.45) is 0. The van der Waals surface area contributed by atoms with Gasteiger partial charge < -0.3 is 11.1 Å². The van der Waals surface area contributed by atoms with E-state index < -0.39 is 18.0 Å². The first-order chi connectivity index (χ1) is 4.63. The van der Waals surface area contributed by atoms with Gasteiger partial charge in [-0.25, -0.2) is 9.59 Å². The van der Waals surface area contributed by atoms with Crippen LogP contribution in [0, 0.1) is 0 Å². The zero-order chi connectivity index (χ0) is 7.72. The van der Waals surface area contributed by atoms with Crippen molar-refractivity contribution >= 4 is 18.0 Å². The maximum Gasteiger partial charge on any atom is 0.333 e. The number of nitrogens with one attached hydrogen (secondary N) is 1. The van der Waals surface area contributed by atoms with Crippen LogP contribution < -0.4 is 11.1 Å². The Labute approximate surface area is 56.0 Å². The van der Waals surface area contributed by atoms with E-state index in [1.165, 1.54) is 0 Å². The fourth-order valence-corrected chi connectivity index (χ4v) is 0.646. The van der Waals surface area contributed by atoms with Gasteiger partial charge in [0.1, 0.15) is 0 Å². The van der Waals surface area contributed by atoms with Gasteiger partial charge in [0.2, 0.25) is 0 Å². The Kier molecular flexibility index (Phi) is 1.29. The summed E-state index contributed by atoms with van der Waals surface area (Å²) < 4.78 is 0. The van der Waals surface area contributed by atoms with Crippen molar-refractivity contribution in [1.82, 2.24) is 10.2 Å². The highest BCUT2D eigenvalue weighted by Gasteiger charge is 2.32. The van der Waals surface area contributed by atoms with Crippen LogP contribution in [0.2, 0.25) is 0 Å². The van der Waals surface area contributed by atoms with Crippen molar-refractivity contribution in [2.24, 2.45) is 5.73 Å². The highest BCUT2D eigenvalue weighted by molar-refractivity contribution is 6.14.